The molecule has 0 amide bonds. The molecule has 1 fully saturated rings. The molecule has 4 aromatic heterocycles. The van der Waals surface area contributed by atoms with Crippen LogP contribution in [0.25, 0.3) is 28.1 Å². The highest BCUT2D eigenvalue weighted by Gasteiger charge is 2.38. The molecule has 1 aliphatic rings. The van der Waals surface area contributed by atoms with E-state index in [4.69, 9.17) is 18.6 Å². The molecule has 0 atom stereocenters. The van der Waals surface area contributed by atoms with Crippen LogP contribution in [0.2, 0.25) is 0 Å². The quantitative estimate of drug-likeness (QED) is 0.282. The number of nitrogens with zero attached hydrogens (tertiary/aromatic N) is 5. The minimum Gasteiger partial charge on any atom is -0.496 e. The summed E-state index contributed by atoms with van der Waals surface area (Å²) in [5.41, 5.74) is 2.31. The number of anilines is 1. The second-order valence-corrected chi connectivity index (χ2v) is 9.69. The van der Waals surface area contributed by atoms with Gasteiger partial charge in [-0.2, -0.15) is 18.3 Å². The first kappa shape index (κ1) is 24.5. The Kier molecular flexibility index (Phi) is 6.11. The molecule has 0 spiro atoms. The van der Waals surface area contributed by atoms with Crippen LogP contribution in [-0.2, 0) is 17.5 Å². The normalized spacial score (nSPS) is 14.5. The third-order valence-corrected chi connectivity index (χ3v) is 7.31. The summed E-state index contributed by atoms with van der Waals surface area (Å²) in [4.78, 5) is 9.87. The zero-order chi connectivity index (χ0) is 26.4. The van der Waals surface area contributed by atoms with Crippen LogP contribution in [-0.4, -0.2) is 53.0 Å². The van der Waals surface area contributed by atoms with Crippen LogP contribution in [0.3, 0.4) is 0 Å². The number of rotatable bonds is 6. The van der Waals surface area contributed by atoms with Crippen LogP contribution in [0.4, 0.5) is 18.3 Å². The summed E-state index contributed by atoms with van der Waals surface area (Å²) < 4.78 is 65.9. The van der Waals surface area contributed by atoms with E-state index in [-0.39, 0.29) is 12.3 Å². The van der Waals surface area contributed by atoms with Crippen molar-refractivity contribution < 1.29 is 31.8 Å². The number of imidazole rings is 1. The number of halogens is 3. The van der Waals surface area contributed by atoms with Gasteiger partial charge in [0.05, 0.1) is 37.6 Å². The number of aryl methyl sites for hydroxylation is 1. The van der Waals surface area contributed by atoms with Crippen LogP contribution in [0.15, 0.2) is 40.9 Å². The Morgan fingerprint density at radius 1 is 1.11 bits per heavy atom. The minimum atomic E-state index is -4.55. The number of morpholine rings is 1. The van der Waals surface area contributed by atoms with Crippen molar-refractivity contribution in [2.75, 3.05) is 38.3 Å². The zero-order valence-corrected chi connectivity index (χ0v) is 21.2. The van der Waals surface area contributed by atoms with Crippen LogP contribution < -0.4 is 14.4 Å². The second kappa shape index (κ2) is 9.48. The number of furan rings is 1. The van der Waals surface area contributed by atoms with Crippen LogP contribution in [0.1, 0.15) is 16.3 Å². The summed E-state index contributed by atoms with van der Waals surface area (Å²) in [6.45, 7) is 3.36. The van der Waals surface area contributed by atoms with Crippen molar-refractivity contribution in [2.24, 2.45) is 0 Å². The Hall–Kier alpha value is -3.84. The maximum absolute atomic E-state index is 13.9. The molecule has 0 N–H and O–H groups in total. The van der Waals surface area contributed by atoms with Gasteiger partial charge in [-0.3, -0.25) is 0 Å². The van der Waals surface area contributed by atoms with Gasteiger partial charge in [-0.25, -0.2) is 14.5 Å². The van der Waals surface area contributed by atoms with Crippen molar-refractivity contribution in [3.63, 3.8) is 0 Å². The van der Waals surface area contributed by atoms with Gasteiger partial charge in [-0.15, -0.1) is 0 Å². The van der Waals surface area contributed by atoms with Gasteiger partial charge in [-0.1, -0.05) is 11.3 Å². The minimum absolute atomic E-state index is 0.175. The third-order valence-electron chi connectivity index (χ3n) is 6.10. The summed E-state index contributed by atoms with van der Waals surface area (Å²) in [5.74, 6) is 1.20. The average molecular weight is 546 g/mol. The van der Waals surface area contributed by atoms with E-state index in [2.05, 4.69) is 15.1 Å². The topological polar surface area (TPSA) is 87.2 Å². The standard InChI is InChI=1S/C25H22F3N5O4S/c1-14-3-4-22-29-17(12-33(22)31-14)21-11-16-19(9-15(34-2)10-20(16)37-21)36-13-18-23(25(26,27)28)38-24(30-18)32-5-7-35-8-6-32/h3-4,9-12H,5-8,13H2,1-2H3. The van der Waals surface area contributed by atoms with E-state index in [0.29, 0.717) is 82.3 Å². The van der Waals surface area contributed by atoms with Gasteiger partial charge >= 0.3 is 6.18 Å². The summed E-state index contributed by atoms with van der Waals surface area (Å²) in [6, 6.07) is 8.75. The van der Waals surface area contributed by atoms with Crippen molar-refractivity contribution in [3.05, 3.63) is 52.8 Å². The Morgan fingerprint density at radius 2 is 1.92 bits per heavy atom. The van der Waals surface area contributed by atoms with Crippen LogP contribution in [0, 0.1) is 6.92 Å². The Bertz CT molecular complexity index is 1620. The van der Waals surface area contributed by atoms with Gasteiger partial charge in [0.25, 0.3) is 0 Å². The van der Waals surface area contributed by atoms with Gasteiger partial charge in [0.15, 0.2) is 16.5 Å². The number of alkyl halides is 3. The summed E-state index contributed by atoms with van der Waals surface area (Å²) in [7, 11) is 1.49. The van der Waals surface area contributed by atoms with E-state index in [1.54, 1.807) is 33.8 Å². The predicted molar refractivity (Wildman–Crippen MR) is 134 cm³/mol. The fraction of sp³-hybridized carbons (Fsp3) is 0.320. The molecule has 5 heterocycles. The van der Waals surface area contributed by atoms with Crippen molar-refractivity contribution >= 4 is 33.1 Å². The van der Waals surface area contributed by atoms with E-state index in [1.165, 1.54) is 7.11 Å². The van der Waals surface area contributed by atoms with Gasteiger partial charge in [0.1, 0.15) is 40.0 Å². The van der Waals surface area contributed by atoms with E-state index in [0.717, 1.165) is 5.69 Å². The first-order chi connectivity index (χ1) is 18.3. The molecule has 0 aliphatic carbocycles. The zero-order valence-electron chi connectivity index (χ0n) is 20.4. The fourth-order valence-electron chi connectivity index (χ4n) is 4.24. The third kappa shape index (κ3) is 4.63. The SMILES string of the molecule is COc1cc(OCc2nc(N3CCOCC3)sc2C(F)(F)F)c2cc(-c3cn4nc(C)ccc4n3)oc2c1. The van der Waals surface area contributed by atoms with Crippen LogP contribution >= 0.6 is 11.3 Å². The maximum Gasteiger partial charge on any atom is 0.427 e. The number of aromatic nitrogens is 4. The number of methoxy groups -OCH3 is 1. The molecule has 0 saturated carbocycles. The smallest absolute Gasteiger partial charge is 0.427 e. The van der Waals surface area contributed by atoms with E-state index in [9.17, 15) is 13.2 Å². The summed E-state index contributed by atoms with van der Waals surface area (Å²) in [6.07, 6.45) is -2.81. The molecule has 1 aromatic carbocycles. The molecule has 6 rings (SSSR count). The van der Waals surface area contributed by atoms with Gasteiger partial charge in [0.2, 0.25) is 0 Å². The van der Waals surface area contributed by atoms with Crippen molar-refractivity contribution in [2.45, 2.75) is 19.7 Å². The largest absolute Gasteiger partial charge is 0.496 e. The molecular weight excluding hydrogens is 523 g/mol. The van der Waals surface area contributed by atoms with Crippen molar-refractivity contribution in [3.8, 4) is 23.0 Å². The summed E-state index contributed by atoms with van der Waals surface area (Å²) in [5, 5.41) is 5.28. The fourth-order valence-corrected chi connectivity index (χ4v) is 5.23. The molecule has 5 aromatic rings. The molecule has 9 nitrogen and oxygen atoms in total. The first-order valence-corrected chi connectivity index (χ1v) is 12.6. The molecule has 1 saturated heterocycles. The first-order valence-electron chi connectivity index (χ1n) is 11.8. The lowest BCUT2D eigenvalue weighted by Gasteiger charge is -2.26. The number of benzene rings is 1. The molecule has 0 unspecified atom stereocenters. The Morgan fingerprint density at radius 3 is 2.68 bits per heavy atom. The molecule has 38 heavy (non-hydrogen) atoms. The van der Waals surface area contributed by atoms with E-state index >= 15 is 0 Å². The molecule has 198 valence electrons. The highest BCUT2D eigenvalue weighted by molar-refractivity contribution is 7.15. The van der Waals surface area contributed by atoms with Crippen molar-refractivity contribution in [1.29, 1.82) is 0 Å². The average Bonchev–Trinajstić information content (AvgIpc) is 3.63. The molecule has 1 aliphatic heterocycles. The Labute approximate surface area is 218 Å². The Balaban J connectivity index is 1.34. The monoisotopic (exact) mass is 545 g/mol. The highest BCUT2D eigenvalue weighted by Crippen LogP contribution is 2.41. The maximum atomic E-state index is 13.9. The number of ether oxygens (including phenoxy) is 3. The van der Waals surface area contributed by atoms with Gasteiger partial charge in [0, 0.05) is 25.2 Å². The number of hydrogen-bond acceptors (Lipinski definition) is 9. The predicted octanol–water partition coefficient (Wildman–Crippen LogP) is 5.35. The highest BCUT2D eigenvalue weighted by atomic mass is 32.1. The molecule has 0 bridgehead atoms. The van der Waals surface area contributed by atoms with Gasteiger partial charge < -0.3 is 23.5 Å². The van der Waals surface area contributed by atoms with E-state index in [1.807, 2.05) is 19.1 Å². The lowest BCUT2D eigenvalue weighted by molar-refractivity contribution is -0.135. The van der Waals surface area contributed by atoms with Gasteiger partial charge in [-0.05, 0) is 25.1 Å². The number of fused-ring (bicyclic) bond motifs is 2. The van der Waals surface area contributed by atoms with Crippen LogP contribution in [0.5, 0.6) is 11.5 Å². The lowest BCUT2D eigenvalue weighted by Crippen LogP contribution is -2.36. The molecular formula is C25H22F3N5O4S. The lowest BCUT2D eigenvalue weighted by atomic mass is 10.2. The number of thiazole rings is 1. The number of hydrogen-bond donors (Lipinski definition) is 0. The summed E-state index contributed by atoms with van der Waals surface area (Å²) >= 11 is 0.618. The second-order valence-electron chi connectivity index (χ2n) is 8.71. The van der Waals surface area contributed by atoms with Crippen molar-refractivity contribution in [1.82, 2.24) is 19.6 Å². The van der Waals surface area contributed by atoms with E-state index < -0.39 is 11.1 Å². The molecule has 0 radical (unpaired) electrons. The molecule has 13 heteroatoms.